The predicted molar refractivity (Wildman–Crippen MR) is 109 cm³/mol. The van der Waals surface area contributed by atoms with Crippen molar-refractivity contribution in [3.8, 4) is 0 Å². The first kappa shape index (κ1) is 21.1. The number of hydrogen-bond acceptors (Lipinski definition) is 9. The van der Waals surface area contributed by atoms with Gasteiger partial charge in [-0.1, -0.05) is 18.5 Å². The molecular weight excluding hydrogens is 418 g/mol. The molecule has 1 saturated heterocycles. The number of thiazole rings is 1. The normalized spacial score (nSPS) is 23.7. The number of anilines is 1. The summed E-state index contributed by atoms with van der Waals surface area (Å²) in [5.41, 5.74) is 5.76. The Labute approximate surface area is 175 Å². The van der Waals surface area contributed by atoms with Crippen molar-refractivity contribution < 1.29 is 24.3 Å². The van der Waals surface area contributed by atoms with Crippen LogP contribution in [0.2, 0.25) is 0 Å². The van der Waals surface area contributed by atoms with Crippen molar-refractivity contribution in [3.63, 3.8) is 0 Å². The van der Waals surface area contributed by atoms with Crippen LogP contribution in [0, 0.1) is 0 Å². The molecule has 0 radical (unpaired) electrons. The number of carbonyl (C=O) groups excluding carboxylic acids is 2. The second kappa shape index (κ2) is 8.82. The maximum atomic E-state index is 12.8. The Morgan fingerprint density at radius 2 is 2.24 bits per heavy atom. The van der Waals surface area contributed by atoms with Gasteiger partial charge in [0.2, 0.25) is 0 Å². The first-order valence-corrected chi connectivity index (χ1v) is 10.8. The molecule has 156 valence electrons. The van der Waals surface area contributed by atoms with Gasteiger partial charge in [0.15, 0.2) is 10.8 Å². The Bertz CT molecular complexity index is 883. The number of unbranched alkanes of at least 4 members (excludes halogenated alkanes) is 1. The lowest BCUT2D eigenvalue weighted by molar-refractivity contribution is -0.150. The number of rotatable bonds is 8. The number of β-lactam (4-membered cyclic amide) rings is 1. The zero-order chi connectivity index (χ0) is 21.1. The smallest absolute Gasteiger partial charge is 0.352 e. The zero-order valence-corrected chi connectivity index (χ0v) is 17.5. The summed E-state index contributed by atoms with van der Waals surface area (Å²) in [4.78, 5) is 47.2. The number of aliphatic carboxylic acids is 1. The lowest BCUT2D eigenvalue weighted by atomic mass is 10.0. The lowest BCUT2D eigenvalue weighted by Crippen LogP contribution is -2.71. The fourth-order valence-corrected chi connectivity index (χ4v) is 4.73. The molecule has 2 aliphatic heterocycles. The highest BCUT2D eigenvalue weighted by Crippen LogP contribution is 2.40. The molecule has 0 aliphatic carbocycles. The van der Waals surface area contributed by atoms with Crippen molar-refractivity contribution >= 4 is 51.7 Å². The summed E-state index contributed by atoms with van der Waals surface area (Å²) in [7, 11) is 0. The summed E-state index contributed by atoms with van der Waals surface area (Å²) in [6.45, 7) is 4.17. The molecule has 0 bridgehead atoms. The number of nitrogens with zero attached hydrogens (tertiary/aromatic N) is 3. The molecule has 0 saturated carbocycles. The van der Waals surface area contributed by atoms with Gasteiger partial charge in [-0.3, -0.25) is 14.5 Å². The van der Waals surface area contributed by atoms with Crippen molar-refractivity contribution in [2.45, 2.75) is 43.4 Å². The summed E-state index contributed by atoms with van der Waals surface area (Å²) >= 11 is 2.55. The van der Waals surface area contributed by atoms with E-state index in [0.29, 0.717) is 6.61 Å². The number of thioether (sulfide) groups is 1. The molecule has 4 N–H and O–H groups in total. The lowest BCUT2D eigenvalue weighted by Gasteiger charge is -2.49. The number of nitrogen functional groups attached to an aromatic ring is 1. The fraction of sp³-hybridized carbons (Fsp3) is 0.471. The molecule has 3 atom stereocenters. The maximum Gasteiger partial charge on any atom is 0.352 e. The molecule has 1 aromatic heterocycles. The van der Waals surface area contributed by atoms with Crippen LogP contribution < -0.4 is 11.1 Å². The number of aromatic nitrogens is 1. The molecular formula is C17H21N5O5S2. The Balaban J connectivity index is 1.75. The van der Waals surface area contributed by atoms with Gasteiger partial charge >= 0.3 is 5.97 Å². The minimum absolute atomic E-state index is 0.0687. The molecule has 1 aromatic rings. The van der Waals surface area contributed by atoms with Gasteiger partial charge in [-0.15, -0.1) is 23.1 Å². The van der Waals surface area contributed by atoms with E-state index in [9.17, 15) is 19.5 Å². The number of nitrogens with two attached hydrogens (primary N) is 1. The van der Waals surface area contributed by atoms with Crippen LogP contribution in [0.15, 0.2) is 22.3 Å². The van der Waals surface area contributed by atoms with E-state index in [0.717, 1.165) is 24.2 Å². The number of nitrogens with one attached hydrogen (secondary N) is 1. The van der Waals surface area contributed by atoms with Gasteiger partial charge in [0, 0.05) is 10.6 Å². The van der Waals surface area contributed by atoms with E-state index >= 15 is 0 Å². The Morgan fingerprint density at radius 3 is 2.86 bits per heavy atom. The quantitative estimate of drug-likeness (QED) is 0.235. The van der Waals surface area contributed by atoms with Crippen LogP contribution in [0.25, 0.3) is 0 Å². The average Bonchev–Trinajstić information content (AvgIpc) is 3.11. The van der Waals surface area contributed by atoms with E-state index in [1.807, 2.05) is 13.8 Å². The third kappa shape index (κ3) is 4.37. The van der Waals surface area contributed by atoms with Crippen molar-refractivity contribution in [1.82, 2.24) is 15.2 Å². The number of amides is 2. The van der Waals surface area contributed by atoms with Gasteiger partial charge in [-0.2, -0.15) is 0 Å². The van der Waals surface area contributed by atoms with Crippen LogP contribution >= 0.6 is 23.1 Å². The first-order valence-electron chi connectivity index (χ1n) is 8.99. The highest BCUT2D eigenvalue weighted by atomic mass is 32.2. The number of carboxylic acids is 1. The van der Waals surface area contributed by atoms with Crippen LogP contribution in [0.5, 0.6) is 0 Å². The molecule has 29 heavy (non-hydrogen) atoms. The summed E-state index contributed by atoms with van der Waals surface area (Å²) in [5, 5.41) is 17.1. The number of carbonyl (C=O) groups is 3. The second-order valence-corrected chi connectivity index (χ2v) is 8.83. The monoisotopic (exact) mass is 439 g/mol. The Kier molecular flexibility index (Phi) is 6.42. The van der Waals surface area contributed by atoms with Crippen molar-refractivity contribution in [1.29, 1.82) is 0 Å². The van der Waals surface area contributed by atoms with E-state index in [-0.39, 0.29) is 27.5 Å². The van der Waals surface area contributed by atoms with E-state index in [1.165, 1.54) is 22.7 Å². The van der Waals surface area contributed by atoms with Crippen LogP contribution in [0.4, 0.5) is 5.13 Å². The topological polar surface area (TPSA) is 147 Å². The van der Waals surface area contributed by atoms with Crippen molar-refractivity contribution in [2.24, 2.45) is 5.16 Å². The highest BCUT2D eigenvalue weighted by molar-refractivity contribution is 8.00. The standard InChI is InChI=1S/C17H21N5O5S2/c1-3-4-5-27-21-11(9-7-28-17(18)19-9)13(23)20-12-14(24)22-10(16(25)26)6-8(2)29-15(12)22/h6-8,12,15H,3-5H2,1-2H3,(H2,18,19)(H,20,23)(H,25,26)/t8?,12?,15-/m1/s1. The largest absolute Gasteiger partial charge is 0.477 e. The van der Waals surface area contributed by atoms with E-state index in [4.69, 9.17) is 10.6 Å². The average molecular weight is 440 g/mol. The maximum absolute atomic E-state index is 12.8. The van der Waals surface area contributed by atoms with Gasteiger partial charge in [-0.25, -0.2) is 9.78 Å². The van der Waals surface area contributed by atoms with E-state index in [2.05, 4.69) is 15.5 Å². The highest BCUT2D eigenvalue weighted by Gasteiger charge is 2.54. The zero-order valence-electron chi connectivity index (χ0n) is 15.8. The molecule has 3 rings (SSSR count). The van der Waals surface area contributed by atoms with Gasteiger partial charge < -0.3 is 21.0 Å². The number of hydrogen-bond donors (Lipinski definition) is 3. The fourth-order valence-electron chi connectivity index (χ4n) is 2.86. The SMILES string of the molecule is CCCCON=C(C(=O)NC1C(=O)N2C(C(=O)O)=CC(C)S[C@H]12)c1csc(N)n1. The van der Waals surface area contributed by atoms with Crippen molar-refractivity contribution in [3.05, 3.63) is 22.8 Å². The van der Waals surface area contributed by atoms with Gasteiger partial charge in [0.1, 0.15) is 29.4 Å². The van der Waals surface area contributed by atoms with Gasteiger partial charge in [-0.05, 0) is 19.4 Å². The van der Waals surface area contributed by atoms with Gasteiger partial charge in [0.25, 0.3) is 11.8 Å². The van der Waals surface area contributed by atoms with Crippen LogP contribution in [-0.4, -0.2) is 61.8 Å². The molecule has 2 aliphatic rings. The van der Waals surface area contributed by atoms with Gasteiger partial charge in [0.05, 0.1) is 0 Å². The van der Waals surface area contributed by atoms with Crippen LogP contribution in [0.3, 0.4) is 0 Å². The molecule has 2 unspecified atom stereocenters. The molecule has 0 spiro atoms. The minimum atomic E-state index is -1.18. The molecule has 0 aromatic carbocycles. The first-order chi connectivity index (χ1) is 13.8. The Hall–Kier alpha value is -2.60. The number of fused-ring (bicyclic) bond motifs is 1. The van der Waals surface area contributed by atoms with E-state index < -0.39 is 29.2 Å². The molecule has 1 fully saturated rings. The second-order valence-electron chi connectivity index (χ2n) is 6.45. The molecule has 2 amide bonds. The third-order valence-electron chi connectivity index (χ3n) is 4.28. The number of oxime groups is 1. The summed E-state index contributed by atoms with van der Waals surface area (Å²) in [6, 6.07) is -0.866. The summed E-state index contributed by atoms with van der Waals surface area (Å²) in [6.07, 6.45) is 3.20. The summed E-state index contributed by atoms with van der Waals surface area (Å²) < 4.78 is 0. The van der Waals surface area contributed by atoms with Crippen LogP contribution in [-0.2, 0) is 19.2 Å². The predicted octanol–water partition coefficient (Wildman–Crippen LogP) is 1.00. The van der Waals surface area contributed by atoms with Crippen molar-refractivity contribution in [2.75, 3.05) is 12.3 Å². The van der Waals surface area contributed by atoms with E-state index in [1.54, 1.807) is 5.38 Å². The minimum Gasteiger partial charge on any atom is -0.477 e. The molecule has 12 heteroatoms. The summed E-state index contributed by atoms with van der Waals surface area (Å²) in [5.74, 6) is -2.30. The third-order valence-corrected chi connectivity index (χ3v) is 6.28. The molecule has 3 heterocycles. The molecule has 10 nitrogen and oxygen atoms in total. The van der Waals surface area contributed by atoms with Crippen LogP contribution in [0.1, 0.15) is 32.4 Å². The Morgan fingerprint density at radius 1 is 1.48 bits per heavy atom. The number of carboxylic acid groups (broad SMARTS) is 1.